The molecule has 0 spiro atoms. The molecule has 0 bridgehead atoms. The average molecular weight is 317 g/mol. The fraction of sp³-hybridized carbons (Fsp3) is 0.611. The van der Waals surface area contributed by atoms with E-state index in [2.05, 4.69) is 17.4 Å². The summed E-state index contributed by atoms with van der Waals surface area (Å²) in [6.45, 7) is 2.42. The third kappa shape index (κ3) is 2.78. The van der Waals surface area contributed by atoms with Gasteiger partial charge < -0.3 is 19.5 Å². The minimum atomic E-state index is -0.0708. The van der Waals surface area contributed by atoms with Gasteiger partial charge in [0.1, 0.15) is 0 Å². The molecule has 1 aromatic carbocycles. The predicted molar refractivity (Wildman–Crippen MR) is 84.6 cm³/mol. The van der Waals surface area contributed by atoms with Gasteiger partial charge in [0.2, 0.25) is 12.7 Å². The second kappa shape index (κ2) is 6.04. The normalized spacial score (nSPS) is 22.4. The zero-order valence-corrected chi connectivity index (χ0v) is 13.3. The average Bonchev–Trinajstić information content (AvgIpc) is 3.00. The number of hydrogen-bond donors (Lipinski definition) is 1. The van der Waals surface area contributed by atoms with Crippen molar-refractivity contribution in [2.24, 2.45) is 5.92 Å². The van der Waals surface area contributed by atoms with Crippen molar-refractivity contribution in [3.8, 4) is 11.5 Å². The third-order valence-electron chi connectivity index (χ3n) is 5.51. The molecule has 1 N–H and O–H groups in total. The van der Waals surface area contributed by atoms with Crippen LogP contribution in [-0.4, -0.2) is 32.5 Å². The Morgan fingerprint density at radius 2 is 1.96 bits per heavy atom. The first-order valence-electron chi connectivity index (χ1n) is 8.52. The maximum absolute atomic E-state index is 12.2. The van der Waals surface area contributed by atoms with Crippen LogP contribution in [0.15, 0.2) is 18.2 Å². The first kappa shape index (κ1) is 14.8. The zero-order valence-electron chi connectivity index (χ0n) is 13.3. The molecule has 1 aliphatic carbocycles. The van der Waals surface area contributed by atoms with E-state index in [0.29, 0.717) is 6.54 Å². The summed E-state index contributed by atoms with van der Waals surface area (Å²) < 4.78 is 16.5. The lowest BCUT2D eigenvalue weighted by atomic mass is 9.73. The van der Waals surface area contributed by atoms with Crippen LogP contribution < -0.4 is 14.8 Å². The quantitative estimate of drug-likeness (QED) is 0.926. The van der Waals surface area contributed by atoms with Gasteiger partial charge in [-0.1, -0.05) is 12.5 Å². The van der Waals surface area contributed by atoms with Crippen LogP contribution in [0.3, 0.4) is 0 Å². The topological polar surface area (TPSA) is 56.8 Å². The SMILES string of the molecule is O=C(NCC1(c2ccc3c(c2)OCO3)CCOCC1)C1CCC1. The van der Waals surface area contributed by atoms with Crippen LogP contribution in [0.25, 0.3) is 0 Å². The van der Waals surface area contributed by atoms with Gasteiger partial charge in [-0.05, 0) is 43.4 Å². The maximum atomic E-state index is 12.2. The van der Waals surface area contributed by atoms with Gasteiger partial charge in [0, 0.05) is 31.1 Å². The van der Waals surface area contributed by atoms with E-state index < -0.39 is 0 Å². The van der Waals surface area contributed by atoms with Gasteiger partial charge in [0.15, 0.2) is 11.5 Å². The molecule has 2 aliphatic heterocycles. The van der Waals surface area contributed by atoms with Gasteiger partial charge in [0.25, 0.3) is 0 Å². The summed E-state index contributed by atoms with van der Waals surface area (Å²) in [6, 6.07) is 6.15. The van der Waals surface area contributed by atoms with Crippen LogP contribution >= 0.6 is 0 Å². The Balaban J connectivity index is 1.54. The van der Waals surface area contributed by atoms with Crippen molar-refractivity contribution in [2.45, 2.75) is 37.5 Å². The lowest BCUT2D eigenvalue weighted by Gasteiger charge is -2.38. The Labute approximate surface area is 136 Å². The molecule has 1 saturated carbocycles. The van der Waals surface area contributed by atoms with Gasteiger partial charge in [-0.15, -0.1) is 0 Å². The molecule has 0 atom stereocenters. The van der Waals surface area contributed by atoms with Crippen LogP contribution in [-0.2, 0) is 14.9 Å². The molecule has 0 unspecified atom stereocenters. The highest BCUT2D eigenvalue weighted by Crippen LogP contribution is 2.40. The fourth-order valence-corrected chi connectivity index (χ4v) is 3.63. The Morgan fingerprint density at radius 1 is 1.17 bits per heavy atom. The molecule has 1 saturated heterocycles. The number of amides is 1. The summed E-state index contributed by atoms with van der Waals surface area (Å²) >= 11 is 0. The van der Waals surface area contributed by atoms with E-state index in [9.17, 15) is 4.79 Å². The standard InChI is InChI=1S/C18H23NO4/c20-17(13-2-1-3-13)19-11-18(6-8-21-9-7-18)14-4-5-15-16(10-14)23-12-22-15/h4-5,10,13H,1-3,6-9,11-12H2,(H,19,20). The van der Waals surface area contributed by atoms with Crippen molar-refractivity contribution >= 4 is 5.91 Å². The van der Waals surface area contributed by atoms with Crippen molar-refractivity contribution in [1.29, 1.82) is 0 Å². The lowest BCUT2D eigenvalue weighted by molar-refractivity contribution is -0.127. The van der Waals surface area contributed by atoms with E-state index in [1.165, 1.54) is 12.0 Å². The van der Waals surface area contributed by atoms with Crippen molar-refractivity contribution in [3.63, 3.8) is 0 Å². The molecule has 124 valence electrons. The predicted octanol–water partition coefficient (Wildman–Crippen LogP) is 2.38. The van der Waals surface area contributed by atoms with E-state index in [1.54, 1.807) is 0 Å². The molecular formula is C18H23NO4. The number of fused-ring (bicyclic) bond motifs is 1. The maximum Gasteiger partial charge on any atom is 0.231 e. The number of carbonyl (C=O) groups excluding carboxylic acids is 1. The molecule has 5 nitrogen and oxygen atoms in total. The summed E-state index contributed by atoms with van der Waals surface area (Å²) in [7, 11) is 0. The number of hydrogen-bond acceptors (Lipinski definition) is 4. The van der Waals surface area contributed by atoms with Gasteiger partial charge in [-0.25, -0.2) is 0 Å². The van der Waals surface area contributed by atoms with Crippen LogP contribution in [0.4, 0.5) is 0 Å². The second-order valence-electron chi connectivity index (χ2n) is 6.81. The number of nitrogens with one attached hydrogen (secondary N) is 1. The summed E-state index contributed by atoms with van der Waals surface area (Å²) in [5, 5.41) is 3.19. The minimum Gasteiger partial charge on any atom is -0.454 e. The largest absolute Gasteiger partial charge is 0.454 e. The van der Waals surface area contributed by atoms with Gasteiger partial charge in [-0.2, -0.15) is 0 Å². The van der Waals surface area contributed by atoms with Crippen molar-refractivity contribution < 1.29 is 19.0 Å². The Bertz CT molecular complexity index is 591. The molecule has 0 aromatic heterocycles. The molecule has 23 heavy (non-hydrogen) atoms. The molecule has 0 radical (unpaired) electrons. The number of carbonyl (C=O) groups is 1. The van der Waals surface area contributed by atoms with E-state index >= 15 is 0 Å². The lowest BCUT2D eigenvalue weighted by Crippen LogP contribution is -2.46. The highest BCUT2D eigenvalue weighted by Gasteiger charge is 2.37. The summed E-state index contributed by atoms with van der Waals surface area (Å²) in [5.41, 5.74) is 1.14. The van der Waals surface area contributed by atoms with E-state index in [0.717, 1.165) is 50.4 Å². The molecule has 1 amide bonds. The summed E-state index contributed by atoms with van der Waals surface area (Å²) in [6.07, 6.45) is 5.08. The first-order chi connectivity index (χ1) is 11.3. The third-order valence-corrected chi connectivity index (χ3v) is 5.51. The minimum absolute atomic E-state index is 0.0708. The molecule has 4 rings (SSSR count). The molecule has 3 aliphatic rings. The van der Waals surface area contributed by atoms with Gasteiger partial charge in [-0.3, -0.25) is 4.79 Å². The molecule has 1 aromatic rings. The van der Waals surface area contributed by atoms with Crippen LogP contribution in [0, 0.1) is 5.92 Å². The van der Waals surface area contributed by atoms with Crippen LogP contribution in [0.5, 0.6) is 11.5 Å². The first-order valence-corrected chi connectivity index (χ1v) is 8.52. The van der Waals surface area contributed by atoms with E-state index in [4.69, 9.17) is 14.2 Å². The van der Waals surface area contributed by atoms with Crippen molar-refractivity contribution in [3.05, 3.63) is 23.8 Å². The Kier molecular flexibility index (Phi) is 3.89. The monoisotopic (exact) mass is 317 g/mol. The zero-order chi connectivity index (χ0) is 15.7. The number of ether oxygens (including phenoxy) is 3. The molecular weight excluding hydrogens is 294 g/mol. The molecule has 5 heteroatoms. The smallest absolute Gasteiger partial charge is 0.231 e. The second-order valence-corrected chi connectivity index (χ2v) is 6.81. The number of benzene rings is 1. The fourth-order valence-electron chi connectivity index (χ4n) is 3.63. The summed E-state index contributed by atoms with van der Waals surface area (Å²) in [5.74, 6) is 2.04. The Hall–Kier alpha value is -1.75. The molecule has 2 fully saturated rings. The Morgan fingerprint density at radius 3 is 2.70 bits per heavy atom. The van der Waals surface area contributed by atoms with Crippen molar-refractivity contribution in [1.82, 2.24) is 5.32 Å². The highest BCUT2D eigenvalue weighted by atomic mass is 16.7. The van der Waals surface area contributed by atoms with Gasteiger partial charge in [0.05, 0.1) is 0 Å². The highest BCUT2D eigenvalue weighted by molar-refractivity contribution is 5.79. The number of rotatable bonds is 4. The summed E-state index contributed by atoms with van der Waals surface area (Å²) in [4.78, 5) is 12.2. The van der Waals surface area contributed by atoms with E-state index in [1.807, 2.05) is 6.07 Å². The van der Waals surface area contributed by atoms with Gasteiger partial charge >= 0.3 is 0 Å². The van der Waals surface area contributed by atoms with E-state index in [-0.39, 0.29) is 24.0 Å². The molecule has 2 heterocycles. The van der Waals surface area contributed by atoms with Crippen LogP contribution in [0.2, 0.25) is 0 Å². The van der Waals surface area contributed by atoms with Crippen molar-refractivity contribution in [2.75, 3.05) is 26.6 Å². The van der Waals surface area contributed by atoms with Crippen LogP contribution in [0.1, 0.15) is 37.7 Å².